The number of pyridine rings is 1. The van der Waals surface area contributed by atoms with E-state index in [1.54, 1.807) is 12.3 Å². The standard InChI is InChI=1S/C20H28N4O8/c1-2-12-9-13(11-21-10-12)17(27)22-8-4-3-5-14(18(28)29)23-20(32)24-15(19(30)31)6-7-16(25)26/h9-11,14-15H,2-8H2,1H3,(H,22,27)(H,25,26)(H,28,29)(H,30,31)(H2,23,24,32). The highest BCUT2D eigenvalue weighted by Crippen LogP contribution is 2.05. The fourth-order valence-electron chi connectivity index (χ4n) is 2.72. The Bertz CT molecular complexity index is 830. The van der Waals surface area contributed by atoms with E-state index in [9.17, 15) is 29.1 Å². The minimum Gasteiger partial charge on any atom is -0.481 e. The Labute approximate surface area is 184 Å². The van der Waals surface area contributed by atoms with Gasteiger partial charge >= 0.3 is 23.9 Å². The monoisotopic (exact) mass is 452 g/mol. The number of carboxylic acids is 3. The van der Waals surface area contributed by atoms with Crippen LogP contribution in [0.5, 0.6) is 0 Å². The van der Waals surface area contributed by atoms with Crippen molar-refractivity contribution in [3.63, 3.8) is 0 Å². The molecule has 0 aliphatic carbocycles. The van der Waals surface area contributed by atoms with Crippen molar-refractivity contribution in [1.82, 2.24) is 20.9 Å². The van der Waals surface area contributed by atoms with Crippen LogP contribution in [0.4, 0.5) is 4.79 Å². The predicted molar refractivity (Wildman–Crippen MR) is 111 cm³/mol. The van der Waals surface area contributed by atoms with Crippen LogP contribution in [0.25, 0.3) is 0 Å². The topological polar surface area (TPSA) is 195 Å². The number of hydrogen-bond donors (Lipinski definition) is 6. The molecule has 32 heavy (non-hydrogen) atoms. The molecule has 0 aliphatic heterocycles. The predicted octanol–water partition coefficient (Wildman–Crippen LogP) is 0.615. The number of urea groups is 1. The summed E-state index contributed by atoms with van der Waals surface area (Å²) in [6.45, 7) is 2.24. The van der Waals surface area contributed by atoms with Gasteiger partial charge in [0.15, 0.2) is 0 Å². The van der Waals surface area contributed by atoms with Crippen molar-refractivity contribution < 1.29 is 39.3 Å². The summed E-state index contributed by atoms with van der Waals surface area (Å²) >= 11 is 0. The van der Waals surface area contributed by atoms with Gasteiger partial charge in [-0.3, -0.25) is 14.6 Å². The molecule has 6 N–H and O–H groups in total. The summed E-state index contributed by atoms with van der Waals surface area (Å²) in [5, 5.41) is 33.9. The molecule has 2 unspecified atom stereocenters. The Kier molecular flexibility index (Phi) is 11.2. The van der Waals surface area contributed by atoms with Crippen molar-refractivity contribution in [3.05, 3.63) is 29.6 Å². The minimum absolute atomic E-state index is 0.0539. The molecule has 0 spiro atoms. The molecule has 0 aliphatic rings. The van der Waals surface area contributed by atoms with Crippen molar-refractivity contribution in [3.8, 4) is 0 Å². The third-order valence-corrected chi connectivity index (χ3v) is 4.52. The molecule has 1 heterocycles. The molecule has 1 aromatic rings. The molecule has 0 saturated carbocycles. The number of nitrogens with zero attached hydrogens (tertiary/aromatic N) is 1. The smallest absolute Gasteiger partial charge is 0.326 e. The van der Waals surface area contributed by atoms with Gasteiger partial charge < -0.3 is 31.3 Å². The van der Waals surface area contributed by atoms with Gasteiger partial charge in [-0.15, -0.1) is 0 Å². The molecule has 0 bridgehead atoms. The fourth-order valence-corrected chi connectivity index (χ4v) is 2.72. The van der Waals surface area contributed by atoms with Gasteiger partial charge in [-0.1, -0.05) is 6.92 Å². The van der Waals surface area contributed by atoms with E-state index in [2.05, 4.69) is 20.9 Å². The Morgan fingerprint density at radius 1 is 0.938 bits per heavy atom. The van der Waals surface area contributed by atoms with E-state index in [1.807, 2.05) is 6.92 Å². The molecule has 176 valence electrons. The lowest BCUT2D eigenvalue weighted by Crippen LogP contribution is -2.51. The van der Waals surface area contributed by atoms with Gasteiger partial charge in [-0.25, -0.2) is 14.4 Å². The number of nitrogens with one attached hydrogen (secondary N) is 3. The number of rotatable bonds is 14. The van der Waals surface area contributed by atoms with E-state index in [4.69, 9.17) is 10.2 Å². The van der Waals surface area contributed by atoms with Crippen LogP contribution >= 0.6 is 0 Å². The van der Waals surface area contributed by atoms with E-state index < -0.39 is 42.4 Å². The van der Waals surface area contributed by atoms with Gasteiger partial charge in [-0.2, -0.15) is 0 Å². The highest BCUT2D eigenvalue weighted by Gasteiger charge is 2.24. The van der Waals surface area contributed by atoms with Gasteiger partial charge in [-0.05, 0) is 43.7 Å². The van der Waals surface area contributed by atoms with Crippen LogP contribution in [0.2, 0.25) is 0 Å². The molecule has 12 heteroatoms. The van der Waals surface area contributed by atoms with Crippen LogP contribution in [-0.2, 0) is 20.8 Å². The van der Waals surface area contributed by atoms with Crippen LogP contribution in [0, 0.1) is 0 Å². The number of carboxylic acid groups (broad SMARTS) is 3. The highest BCUT2D eigenvalue weighted by molar-refractivity contribution is 5.94. The lowest BCUT2D eigenvalue weighted by Gasteiger charge is -2.18. The third-order valence-electron chi connectivity index (χ3n) is 4.52. The molecular weight excluding hydrogens is 424 g/mol. The number of aliphatic carboxylic acids is 3. The molecule has 12 nitrogen and oxygen atoms in total. The van der Waals surface area contributed by atoms with Crippen LogP contribution in [-0.4, -0.2) is 68.8 Å². The van der Waals surface area contributed by atoms with Crippen LogP contribution < -0.4 is 16.0 Å². The summed E-state index contributed by atoms with van der Waals surface area (Å²) in [4.78, 5) is 61.1. The second-order valence-corrected chi connectivity index (χ2v) is 7.02. The Morgan fingerprint density at radius 3 is 2.12 bits per heavy atom. The maximum atomic E-state index is 12.1. The second kappa shape index (κ2) is 13.6. The number of aromatic nitrogens is 1. The molecule has 0 radical (unpaired) electrons. The number of aryl methyl sites for hydroxylation is 1. The molecule has 0 aromatic carbocycles. The third kappa shape index (κ3) is 9.87. The second-order valence-electron chi connectivity index (χ2n) is 7.02. The molecular formula is C20H28N4O8. The summed E-state index contributed by atoms with van der Waals surface area (Å²) < 4.78 is 0. The molecule has 3 amide bonds. The van der Waals surface area contributed by atoms with Crippen molar-refractivity contribution in [2.75, 3.05) is 6.54 Å². The number of carbonyl (C=O) groups is 5. The maximum Gasteiger partial charge on any atom is 0.326 e. The van der Waals surface area contributed by atoms with Crippen molar-refractivity contribution in [2.24, 2.45) is 0 Å². The zero-order valence-corrected chi connectivity index (χ0v) is 17.7. The van der Waals surface area contributed by atoms with Gasteiger partial charge in [0, 0.05) is 25.4 Å². The van der Waals surface area contributed by atoms with E-state index >= 15 is 0 Å². The maximum absolute atomic E-state index is 12.1. The van der Waals surface area contributed by atoms with Crippen LogP contribution in [0.3, 0.4) is 0 Å². The largest absolute Gasteiger partial charge is 0.481 e. The quantitative estimate of drug-likeness (QED) is 0.219. The first kappa shape index (κ1) is 26.3. The van der Waals surface area contributed by atoms with Gasteiger partial charge in [0.05, 0.1) is 5.56 Å². The number of carbonyl (C=O) groups excluding carboxylic acids is 2. The molecule has 1 aromatic heterocycles. The average Bonchev–Trinajstić information content (AvgIpc) is 2.74. The first-order chi connectivity index (χ1) is 15.1. The van der Waals surface area contributed by atoms with Gasteiger partial charge in [0.2, 0.25) is 0 Å². The number of hydrogen-bond acceptors (Lipinski definition) is 6. The Balaban J connectivity index is 2.43. The molecule has 2 atom stereocenters. The van der Waals surface area contributed by atoms with Gasteiger partial charge in [0.25, 0.3) is 5.91 Å². The lowest BCUT2D eigenvalue weighted by atomic mass is 10.1. The van der Waals surface area contributed by atoms with E-state index in [1.165, 1.54) is 6.20 Å². The summed E-state index contributed by atoms with van der Waals surface area (Å²) in [5.41, 5.74) is 1.36. The number of amides is 3. The molecule has 0 fully saturated rings. The van der Waals surface area contributed by atoms with Crippen LogP contribution in [0.1, 0.15) is 54.9 Å². The zero-order valence-electron chi connectivity index (χ0n) is 17.7. The van der Waals surface area contributed by atoms with Gasteiger partial charge in [0.1, 0.15) is 12.1 Å². The lowest BCUT2D eigenvalue weighted by molar-refractivity contribution is -0.140. The summed E-state index contributed by atoms with van der Waals surface area (Å²) in [6, 6.07) is -2.01. The SMILES string of the molecule is CCc1cncc(C(=O)NCCCCC(NC(=O)NC(CCC(=O)O)C(=O)O)C(=O)O)c1. The average molecular weight is 452 g/mol. The van der Waals surface area contributed by atoms with Crippen LogP contribution in [0.15, 0.2) is 18.5 Å². The van der Waals surface area contributed by atoms with Crippen molar-refractivity contribution in [1.29, 1.82) is 0 Å². The molecule has 0 saturated heterocycles. The normalized spacial score (nSPS) is 12.3. The summed E-state index contributed by atoms with van der Waals surface area (Å²) in [5.74, 6) is -4.24. The Hall–Kier alpha value is -3.70. The van der Waals surface area contributed by atoms with Crippen molar-refractivity contribution >= 4 is 29.8 Å². The summed E-state index contributed by atoms with van der Waals surface area (Å²) in [7, 11) is 0. The summed E-state index contributed by atoms with van der Waals surface area (Å²) in [6.07, 6.45) is 3.95. The first-order valence-electron chi connectivity index (χ1n) is 10.1. The highest BCUT2D eigenvalue weighted by atomic mass is 16.4. The van der Waals surface area contributed by atoms with E-state index in [0.29, 0.717) is 24.9 Å². The van der Waals surface area contributed by atoms with E-state index in [0.717, 1.165) is 12.0 Å². The van der Waals surface area contributed by atoms with Crippen molar-refractivity contribution in [2.45, 2.75) is 57.5 Å². The molecule has 1 rings (SSSR count). The Morgan fingerprint density at radius 2 is 1.56 bits per heavy atom. The first-order valence-corrected chi connectivity index (χ1v) is 10.1. The number of unbranched alkanes of at least 4 members (excludes halogenated alkanes) is 1. The minimum atomic E-state index is -1.46. The van der Waals surface area contributed by atoms with E-state index in [-0.39, 0.29) is 18.7 Å². The zero-order chi connectivity index (χ0) is 24.1. The fraction of sp³-hybridized carbons (Fsp3) is 0.500.